The third kappa shape index (κ3) is 2.74. The maximum atomic E-state index is 5.68. The number of ether oxygens (including phenoxy) is 1. The van der Waals surface area contributed by atoms with Gasteiger partial charge >= 0.3 is 0 Å². The molecule has 0 amide bonds. The van der Waals surface area contributed by atoms with Crippen molar-refractivity contribution in [2.24, 2.45) is 52.8 Å². The van der Waals surface area contributed by atoms with Crippen molar-refractivity contribution in [3.63, 3.8) is 0 Å². The second-order valence-electron chi connectivity index (χ2n) is 11.0. The van der Waals surface area contributed by atoms with E-state index in [9.17, 15) is 0 Å². The Kier molecular flexibility index (Phi) is 4.47. The van der Waals surface area contributed by atoms with Crippen molar-refractivity contribution in [3.8, 4) is 0 Å². The fraction of sp³-hybridized carbons (Fsp3) is 1.00. The minimum Gasteiger partial charge on any atom is -0.381 e. The number of rotatable bonds is 1. The zero-order chi connectivity index (χ0) is 17.0. The summed E-state index contributed by atoms with van der Waals surface area (Å²) in [5, 5.41) is 0. The van der Waals surface area contributed by atoms with E-state index in [1.54, 1.807) is 51.4 Å². The zero-order valence-corrected chi connectivity index (χ0v) is 16.7. The first-order chi connectivity index (χ1) is 12.2. The van der Waals surface area contributed by atoms with Gasteiger partial charge in [-0.25, -0.2) is 0 Å². The smallest absolute Gasteiger partial charge is 0.0468 e. The summed E-state index contributed by atoms with van der Waals surface area (Å²) < 4.78 is 5.68. The molecular weight excluding hydrogens is 304 g/mol. The largest absolute Gasteiger partial charge is 0.381 e. The molecule has 0 aromatic carbocycles. The lowest BCUT2D eigenvalue weighted by Crippen LogP contribution is -2.49. The van der Waals surface area contributed by atoms with Gasteiger partial charge in [0.2, 0.25) is 0 Å². The van der Waals surface area contributed by atoms with Crippen molar-refractivity contribution in [3.05, 3.63) is 0 Å². The second-order valence-corrected chi connectivity index (χ2v) is 11.0. The number of hydrogen-bond acceptors (Lipinski definition) is 1. The molecule has 1 aliphatic heterocycles. The Labute approximate surface area is 155 Å². The lowest BCUT2D eigenvalue weighted by atomic mass is 9.48. The first kappa shape index (κ1) is 17.1. The van der Waals surface area contributed by atoms with E-state index < -0.39 is 0 Å². The SMILES string of the molecule is CC1CCC2C(CCC3C2CCC2(C)C(C4CCOCC4)CCC32)C1. The summed E-state index contributed by atoms with van der Waals surface area (Å²) in [6, 6.07) is 0. The van der Waals surface area contributed by atoms with Gasteiger partial charge in [-0.2, -0.15) is 0 Å². The van der Waals surface area contributed by atoms with Crippen LogP contribution in [-0.2, 0) is 4.74 Å². The van der Waals surface area contributed by atoms with Crippen LogP contribution < -0.4 is 0 Å². The van der Waals surface area contributed by atoms with Crippen molar-refractivity contribution >= 4 is 0 Å². The van der Waals surface area contributed by atoms with Gasteiger partial charge in [-0.1, -0.05) is 20.3 Å². The molecule has 0 aromatic rings. The summed E-state index contributed by atoms with van der Waals surface area (Å²) in [6.45, 7) is 7.32. The molecule has 1 nitrogen and oxygen atoms in total. The van der Waals surface area contributed by atoms with Crippen molar-refractivity contribution in [2.45, 2.75) is 84.5 Å². The maximum Gasteiger partial charge on any atom is 0.0468 e. The summed E-state index contributed by atoms with van der Waals surface area (Å²) in [5.41, 5.74) is 0.679. The summed E-state index contributed by atoms with van der Waals surface area (Å²) in [6.07, 6.45) is 16.7. The van der Waals surface area contributed by atoms with E-state index in [0.29, 0.717) is 5.41 Å². The van der Waals surface area contributed by atoms with Gasteiger partial charge in [0.25, 0.3) is 0 Å². The van der Waals surface area contributed by atoms with Crippen LogP contribution in [0.3, 0.4) is 0 Å². The van der Waals surface area contributed by atoms with Gasteiger partial charge in [-0.3, -0.25) is 0 Å². The van der Waals surface area contributed by atoms with Crippen molar-refractivity contribution in [1.82, 2.24) is 0 Å². The van der Waals surface area contributed by atoms with Gasteiger partial charge in [-0.15, -0.1) is 0 Å². The molecule has 5 rings (SSSR count). The summed E-state index contributed by atoms with van der Waals surface area (Å²) in [7, 11) is 0. The highest BCUT2D eigenvalue weighted by molar-refractivity contribution is 5.07. The molecule has 0 radical (unpaired) electrons. The molecule has 25 heavy (non-hydrogen) atoms. The van der Waals surface area contributed by atoms with Crippen LogP contribution in [-0.4, -0.2) is 13.2 Å². The molecule has 0 N–H and O–H groups in total. The van der Waals surface area contributed by atoms with Crippen LogP contribution in [0.5, 0.6) is 0 Å². The molecule has 142 valence electrons. The first-order valence-electron chi connectivity index (χ1n) is 11.7. The Morgan fingerprint density at radius 1 is 0.680 bits per heavy atom. The van der Waals surface area contributed by atoms with Crippen LogP contribution in [0, 0.1) is 52.8 Å². The zero-order valence-electron chi connectivity index (χ0n) is 16.7. The van der Waals surface area contributed by atoms with Crippen LogP contribution in [0.15, 0.2) is 0 Å². The summed E-state index contributed by atoms with van der Waals surface area (Å²) in [5.74, 6) is 8.49. The third-order valence-electron chi connectivity index (χ3n) is 10.1. The topological polar surface area (TPSA) is 9.23 Å². The molecule has 8 atom stereocenters. The summed E-state index contributed by atoms with van der Waals surface area (Å²) >= 11 is 0. The van der Waals surface area contributed by atoms with E-state index in [4.69, 9.17) is 4.74 Å². The van der Waals surface area contributed by atoms with Gasteiger partial charge in [0.15, 0.2) is 0 Å². The number of hydrogen-bond donors (Lipinski definition) is 0. The average Bonchev–Trinajstić information content (AvgIpc) is 2.99. The highest BCUT2D eigenvalue weighted by Crippen LogP contribution is 2.66. The van der Waals surface area contributed by atoms with E-state index in [1.807, 2.05) is 0 Å². The molecule has 8 unspecified atom stereocenters. The molecule has 0 spiro atoms. The van der Waals surface area contributed by atoms with Crippen LogP contribution in [0.25, 0.3) is 0 Å². The normalized spacial score (nSPS) is 53.8. The maximum absolute atomic E-state index is 5.68. The quantitative estimate of drug-likeness (QED) is 0.541. The molecule has 1 saturated heterocycles. The Bertz CT molecular complexity index is 480. The predicted octanol–water partition coefficient (Wildman–Crippen LogP) is 6.32. The van der Waals surface area contributed by atoms with Gasteiger partial charge in [-0.05, 0) is 117 Å². The van der Waals surface area contributed by atoms with Crippen LogP contribution in [0.2, 0.25) is 0 Å². The van der Waals surface area contributed by atoms with E-state index in [-0.39, 0.29) is 0 Å². The molecule has 0 bridgehead atoms. The average molecular weight is 345 g/mol. The van der Waals surface area contributed by atoms with Crippen LogP contribution >= 0.6 is 0 Å². The fourth-order valence-electron chi connectivity index (χ4n) is 9.02. The Hall–Kier alpha value is -0.0400. The molecule has 1 heteroatoms. The molecule has 4 saturated carbocycles. The highest BCUT2D eigenvalue weighted by Gasteiger charge is 2.57. The van der Waals surface area contributed by atoms with E-state index in [1.165, 1.54) is 19.3 Å². The van der Waals surface area contributed by atoms with Gasteiger partial charge in [0, 0.05) is 13.2 Å². The predicted molar refractivity (Wildman–Crippen MR) is 103 cm³/mol. The Morgan fingerprint density at radius 2 is 1.44 bits per heavy atom. The molecule has 5 fully saturated rings. The second kappa shape index (κ2) is 6.54. The van der Waals surface area contributed by atoms with Crippen molar-refractivity contribution < 1.29 is 4.74 Å². The van der Waals surface area contributed by atoms with Crippen LogP contribution in [0.1, 0.15) is 84.5 Å². The lowest BCUT2D eigenvalue weighted by molar-refractivity contribution is -0.0809. The molecular formula is C24H40O. The molecule has 4 aliphatic carbocycles. The standard InChI is InChI=1S/C24H40O/c1-16-3-5-19-18(15-16)4-6-21-20(19)9-12-24(2)22(7-8-23(21)24)17-10-13-25-14-11-17/h16-23H,3-15H2,1-2H3. The molecule has 1 heterocycles. The third-order valence-corrected chi connectivity index (χ3v) is 10.1. The van der Waals surface area contributed by atoms with Gasteiger partial charge in [0.05, 0.1) is 0 Å². The van der Waals surface area contributed by atoms with Crippen molar-refractivity contribution in [2.75, 3.05) is 13.2 Å². The van der Waals surface area contributed by atoms with Gasteiger partial charge in [0.1, 0.15) is 0 Å². The fourth-order valence-corrected chi connectivity index (χ4v) is 9.02. The van der Waals surface area contributed by atoms with E-state index >= 15 is 0 Å². The van der Waals surface area contributed by atoms with Crippen molar-refractivity contribution in [1.29, 1.82) is 0 Å². The monoisotopic (exact) mass is 344 g/mol. The minimum absolute atomic E-state index is 0.679. The molecule has 5 aliphatic rings. The lowest BCUT2D eigenvalue weighted by Gasteiger charge is -2.57. The molecule has 0 aromatic heterocycles. The minimum atomic E-state index is 0.679. The van der Waals surface area contributed by atoms with E-state index in [2.05, 4.69) is 13.8 Å². The summed E-state index contributed by atoms with van der Waals surface area (Å²) in [4.78, 5) is 0. The Morgan fingerprint density at radius 3 is 2.28 bits per heavy atom. The Balaban J connectivity index is 1.34. The van der Waals surface area contributed by atoms with E-state index in [0.717, 1.165) is 60.6 Å². The highest BCUT2D eigenvalue weighted by atomic mass is 16.5. The first-order valence-corrected chi connectivity index (χ1v) is 11.7. The van der Waals surface area contributed by atoms with Crippen LogP contribution in [0.4, 0.5) is 0 Å². The van der Waals surface area contributed by atoms with Gasteiger partial charge < -0.3 is 4.74 Å². The number of fused-ring (bicyclic) bond motifs is 5.